The van der Waals surface area contributed by atoms with Crippen molar-refractivity contribution >= 4 is 27.0 Å². The summed E-state index contributed by atoms with van der Waals surface area (Å²) in [7, 11) is -2.04. The van der Waals surface area contributed by atoms with E-state index in [4.69, 9.17) is 0 Å². The van der Waals surface area contributed by atoms with Gasteiger partial charge in [-0.05, 0) is 31.9 Å². The van der Waals surface area contributed by atoms with Crippen molar-refractivity contribution in [1.82, 2.24) is 24.7 Å². The number of pyridine rings is 1. The third kappa shape index (κ3) is 2.60. The summed E-state index contributed by atoms with van der Waals surface area (Å²) in [4.78, 5) is 12.6. The lowest BCUT2D eigenvalue weighted by Crippen LogP contribution is -2.15. The monoisotopic (exact) mass is 344 g/mol. The van der Waals surface area contributed by atoms with Gasteiger partial charge in [-0.15, -0.1) is 0 Å². The number of hydrogen-bond donors (Lipinski definition) is 1. The van der Waals surface area contributed by atoms with E-state index in [9.17, 15) is 8.42 Å². The van der Waals surface area contributed by atoms with Gasteiger partial charge < -0.3 is 0 Å². The number of aryl methyl sites for hydroxylation is 2. The lowest BCUT2D eigenvalue weighted by Gasteiger charge is -2.07. The fourth-order valence-electron chi connectivity index (χ4n) is 2.64. The maximum Gasteiger partial charge on any atom is 0.265 e. The second kappa shape index (κ2) is 5.23. The molecule has 0 aromatic carbocycles. The highest BCUT2D eigenvalue weighted by molar-refractivity contribution is 7.92. The van der Waals surface area contributed by atoms with Gasteiger partial charge in [0.2, 0.25) is 5.95 Å². The Morgan fingerprint density at radius 1 is 1.29 bits per heavy atom. The van der Waals surface area contributed by atoms with Gasteiger partial charge >= 0.3 is 0 Å². The Labute approximate surface area is 139 Å². The molecule has 1 fully saturated rings. The molecule has 0 atom stereocenters. The van der Waals surface area contributed by atoms with E-state index in [1.54, 1.807) is 24.0 Å². The zero-order valence-corrected chi connectivity index (χ0v) is 14.1. The minimum Gasteiger partial charge on any atom is -0.250 e. The second-order valence-electron chi connectivity index (χ2n) is 5.94. The van der Waals surface area contributed by atoms with Crippen molar-refractivity contribution in [3.63, 3.8) is 0 Å². The first-order chi connectivity index (χ1) is 11.4. The lowest BCUT2D eigenvalue weighted by atomic mass is 10.3. The molecular weight excluding hydrogens is 328 g/mol. The maximum atomic E-state index is 12.6. The van der Waals surface area contributed by atoms with E-state index in [0.29, 0.717) is 17.0 Å². The first-order valence-corrected chi connectivity index (χ1v) is 9.07. The minimum atomic E-state index is -3.81. The highest BCUT2D eigenvalue weighted by Crippen LogP contribution is 2.39. The largest absolute Gasteiger partial charge is 0.265 e. The van der Waals surface area contributed by atoms with Crippen molar-refractivity contribution in [3.05, 3.63) is 35.9 Å². The molecule has 8 nitrogen and oxygen atoms in total. The fraction of sp³-hybridized carbons (Fsp3) is 0.333. The smallest absolute Gasteiger partial charge is 0.250 e. The Balaban J connectivity index is 1.69. The van der Waals surface area contributed by atoms with Gasteiger partial charge in [-0.2, -0.15) is 5.10 Å². The van der Waals surface area contributed by atoms with Crippen molar-refractivity contribution < 1.29 is 8.42 Å². The molecule has 4 rings (SSSR count). The highest BCUT2D eigenvalue weighted by atomic mass is 32.2. The molecule has 3 aromatic rings. The highest BCUT2D eigenvalue weighted by Gasteiger charge is 2.26. The van der Waals surface area contributed by atoms with Crippen LogP contribution in [0.3, 0.4) is 0 Å². The molecule has 0 saturated heterocycles. The van der Waals surface area contributed by atoms with Crippen LogP contribution in [-0.4, -0.2) is 33.2 Å². The van der Waals surface area contributed by atoms with Crippen LogP contribution in [0.1, 0.15) is 30.1 Å². The summed E-state index contributed by atoms with van der Waals surface area (Å²) in [6, 6.07) is 3.39. The topological polar surface area (TPSA) is 103 Å². The Kier molecular flexibility index (Phi) is 3.27. The van der Waals surface area contributed by atoms with Crippen LogP contribution in [-0.2, 0) is 17.1 Å². The second-order valence-corrected chi connectivity index (χ2v) is 7.62. The van der Waals surface area contributed by atoms with E-state index in [-0.39, 0.29) is 10.8 Å². The molecule has 1 N–H and O–H groups in total. The van der Waals surface area contributed by atoms with E-state index < -0.39 is 10.0 Å². The Hall–Kier alpha value is -2.55. The normalized spacial score (nSPS) is 14.9. The van der Waals surface area contributed by atoms with E-state index in [0.717, 1.165) is 24.2 Å². The molecule has 3 aromatic heterocycles. The van der Waals surface area contributed by atoms with Crippen molar-refractivity contribution in [2.45, 2.75) is 30.6 Å². The van der Waals surface area contributed by atoms with Crippen molar-refractivity contribution in [1.29, 1.82) is 0 Å². The van der Waals surface area contributed by atoms with Crippen molar-refractivity contribution in [2.24, 2.45) is 7.05 Å². The molecule has 1 aliphatic rings. The molecule has 24 heavy (non-hydrogen) atoms. The fourth-order valence-corrected chi connectivity index (χ4v) is 3.56. The number of fused-ring (bicyclic) bond motifs is 1. The van der Waals surface area contributed by atoms with Gasteiger partial charge in [-0.3, -0.25) is 4.68 Å². The van der Waals surface area contributed by atoms with Crippen LogP contribution < -0.4 is 4.72 Å². The maximum absolute atomic E-state index is 12.6. The standard InChI is InChI=1S/C15H16N6O2S/c1-9-12-7-11(8-17-14(12)21(2)19-9)24(22,23)20-15-16-6-5-13(18-15)10-3-4-10/h5-8,10H,3-4H2,1-2H3,(H,16,18,20). The average molecular weight is 344 g/mol. The number of nitrogens with one attached hydrogen (secondary N) is 1. The van der Waals surface area contributed by atoms with Gasteiger partial charge in [0.25, 0.3) is 10.0 Å². The van der Waals surface area contributed by atoms with Crippen LogP contribution in [0.25, 0.3) is 11.0 Å². The first-order valence-electron chi connectivity index (χ1n) is 7.59. The Morgan fingerprint density at radius 2 is 2.08 bits per heavy atom. The SMILES string of the molecule is Cc1nn(C)c2ncc(S(=O)(=O)Nc3nccc(C4CC4)n3)cc12. The van der Waals surface area contributed by atoms with E-state index in [2.05, 4.69) is 24.8 Å². The molecule has 9 heteroatoms. The third-order valence-corrected chi connectivity index (χ3v) is 5.34. The van der Waals surface area contributed by atoms with Gasteiger partial charge in [-0.1, -0.05) is 0 Å². The molecule has 0 aliphatic heterocycles. The van der Waals surface area contributed by atoms with E-state index in [1.807, 2.05) is 13.0 Å². The van der Waals surface area contributed by atoms with E-state index >= 15 is 0 Å². The minimum absolute atomic E-state index is 0.0616. The summed E-state index contributed by atoms with van der Waals surface area (Å²) >= 11 is 0. The zero-order chi connectivity index (χ0) is 16.9. The van der Waals surface area contributed by atoms with Gasteiger partial charge in [0.15, 0.2) is 5.65 Å². The molecule has 0 bridgehead atoms. The number of rotatable bonds is 4. The predicted octanol–water partition coefficient (Wildman–Crippen LogP) is 1.74. The number of sulfonamides is 1. The van der Waals surface area contributed by atoms with Gasteiger partial charge in [0, 0.05) is 36.4 Å². The van der Waals surface area contributed by atoms with Crippen LogP contribution in [0.5, 0.6) is 0 Å². The molecule has 1 aliphatic carbocycles. The van der Waals surface area contributed by atoms with Crippen molar-refractivity contribution in [2.75, 3.05) is 4.72 Å². The zero-order valence-electron chi connectivity index (χ0n) is 13.3. The third-order valence-electron chi connectivity index (χ3n) is 4.05. The summed E-state index contributed by atoms with van der Waals surface area (Å²) in [5, 5.41) is 4.95. The van der Waals surface area contributed by atoms with E-state index in [1.165, 1.54) is 6.20 Å². The summed E-state index contributed by atoms with van der Waals surface area (Å²) in [5.74, 6) is 0.509. The summed E-state index contributed by atoms with van der Waals surface area (Å²) < 4.78 is 29.3. The Morgan fingerprint density at radius 3 is 2.83 bits per heavy atom. The molecule has 1 saturated carbocycles. The molecular formula is C15H16N6O2S. The van der Waals surface area contributed by atoms with Crippen LogP contribution >= 0.6 is 0 Å². The molecule has 0 amide bonds. The van der Waals surface area contributed by atoms with Crippen LogP contribution in [0, 0.1) is 6.92 Å². The average Bonchev–Trinajstić information content (AvgIpc) is 3.35. The predicted molar refractivity (Wildman–Crippen MR) is 88.1 cm³/mol. The number of anilines is 1. The molecule has 124 valence electrons. The van der Waals surface area contributed by atoms with Crippen LogP contribution in [0.4, 0.5) is 5.95 Å². The van der Waals surface area contributed by atoms with Gasteiger partial charge in [0.05, 0.1) is 5.69 Å². The molecule has 0 unspecified atom stereocenters. The molecule has 3 heterocycles. The van der Waals surface area contributed by atoms with Gasteiger partial charge in [0.1, 0.15) is 4.90 Å². The summed E-state index contributed by atoms with van der Waals surface area (Å²) in [6.45, 7) is 1.82. The van der Waals surface area contributed by atoms with Gasteiger partial charge in [-0.25, -0.2) is 28.1 Å². The molecule has 0 radical (unpaired) electrons. The number of aromatic nitrogens is 5. The van der Waals surface area contributed by atoms with Crippen LogP contribution in [0.2, 0.25) is 0 Å². The number of nitrogens with zero attached hydrogens (tertiary/aromatic N) is 5. The lowest BCUT2D eigenvalue weighted by molar-refractivity contribution is 0.600. The quantitative estimate of drug-likeness (QED) is 0.773. The summed E-state index contributed by atoms with van der Waals surface area (Å²) in [6.07, 6.45) is 5.07. The number of hydrogen-bond acceptors (Lipinski definition) is 6. The molecule has 0 spiro atoms. The summed E-state index contributed by atoms with van der Waals surface area (Å²) in [5.41, 5.74) is 2.24. The van der Waals surface area contributed by atoms with Crippen LogP contribution in [0.15, 0.2) is 29.4 Å². The first kappa shape index (κ1) is 15.0. The van der Waals surface area contributed by atoms with Crippen molar-refractivity contribution in [3.8, 4) is 0 Å². The Bertz CT molecular complexity index is 1040.